The van der Waals surface area contributed by atoms with Crippen LogP contribution < -0.4 is 4.90 Å². The topological polar surface area (TPSA) is 81.2 Å². The highest BCUT2D eigenvalue weighted by atomic mass is 35.5. The second kappa shape index (κ2) is 14.8. The van der Waals surface area contributed by atoms with Gasteiger partial charge in [0.25, 0.3) is 5.91 Å². The second-order valence-electron chi connectivity index (χ2n) is 12.9. The van der Waals surface area contributed by atoms with Gasteiger partial charge in [-0.05, 0) is 49.3 Å². The maximum atomic E-state index is 15.0. The molecule has 2 aromatic rings. The summed E-state index contributed by atoms with van der Waals surface area (Å²) in [4.78, 5) is 49.6. The summed E-state index contributed by atoms with van der Waals surface area (Å²) in [5.41, 5.74) is 2.51. The summed E-state index contributed by atoms with van der Waals surface area (Å²) in [7, 11) is 0. The first-order valence-electron chi connectivity index (χ1n) is 16.4. The van der Waals surface area contributed by atoms with E-state index in [1.54, 1.807) is 39.8 Å². The van der Waals surface area contributed by atoms with E-state index in [0.29, 0.717) is 43.2 Å². The van der Waals surface area contributed by atoms with E-state index in [0.717, 1.165) is 30.4 Å². The Bertz CT molecular complexity index is 1430. The third-order valence-electron chi connectivity index (χ3n) is 9.99. The lowest BCUT2D eigenvalue weighted by Crippen LogP contribution is -2.57. The molecule has 46 heavy (non-hydrogen) atoms. The molecule has 2 aromatic carbocycles. The molecule has 0 aliphatic carbocycles. The van der Waals surface area contributed by atoms with Crippen molar-refractivity contribution in [3.05, 3.63) is 90.0 Å². The highest BCUT2D eigenvalue weighted by Gasteiger charge is 2.76. The number of amides is 3. The third-order valence-corrected chi connectivity index (χ3v) is 12.4. The molecule has 3 amide bonds. The number of para-hydroxylation sites is 1. The van der Waals surface area contributed by atoms with Gasteiger partial charge in [-0.25, -0.2) is 0 Å². The summed E-state index contributed by atoms with van der Waals surface area (Å²) in [5.74, 6) is -1.41. The van der Waals surface area contributed by atoms with Crippen LogP contribution in [0.4, 0.5) is 5.69 Å². The van der Waals surface area contributed by atoms with Crippen LogP contribution in [0.5, 0.6) is 0 Å². The molecule has 3 fully saturated rings. The largest absolute Gasteiger partial charge is 0.396 e. The van der Waals surface area contributed by atoms with Crippen molar-refractivity contribution in [1.29, 1.82) is 0 Å². The highest BCUT2D eigenvalue weighted by Crippen LogP contribution is 2.69. The lowest BCUT2D eigenvalue weighted by Gasteiger charge is -2.41. The molecule has 3 heterocycles. The van der Waals surface area contributed by atoms with E-state index in [4.69, 9.17) is 11.6 Å². The number of thioether (sulfide) groups is 1. The van der Waals surface area contributed by atoms with Gasteiger partial charge >= 0.3 is 0 Å². The number of benzene rings is 2. The van der Waals surface area contributed by atoms with E-state index in [1.165, 1.54) is 0 Å². The minimum Gasteiger partial charge on any atom is -0.396 e. The van der Waals surface area contributed by atoms with Gasteiger partial charge in [0.15, 0.2) is 0 Å². The molecular formula is C37H46ClN3O4S. The van der Waals surface area contributed by atoms with Crippen LogP contribution in [0, 0.1) is 24.7 Å². The van der Waals surface area contributed by atoms with Crippen molar-refractivity contribution in [3.8, 4) is 0 Å². The van der Waals surface area contributed by atoms with Gasteiger partial charge in [-0.1, -0.05) is 86.0 Å². The number of aryl methyl sites for hydroxylation is 1. The average molecular weight is 664 g/mol. The maximum Gasteiger partial charge on any atom is 0.251 e. The van der Waals surface area contributed by atoms with Crippen molar-refractivity contribution in [2.75, 3.05) is 31.1 Å². The van der Waals surface area contributed by atoms with Crippen molar-refractivity contribution < 1.29 is 19.5 Å². The Kier molecular flexibility index (Phi) is 11.0. The van der Waals surface area contributed by atoms with Gasteiger partial charge in [-0.2, -0.15) is 0 Å². The number of hydrogen-bond acceptors (Lipinski definition) is 5. The van der Waals surface area contributed by atoms with Crippen LogP contribution in [-0.2, 0) is 20.9 Å². The number of aliphatic hydroxyl groups excluding tert-OH is 1. The van der Waals surface area contributed by atoms with Gasteiger partial charge in [0, 0.05) is 38.0 Å². The summed E-state index contributed by atoms with van der Waals surface area (Å²) in [5, 5.41) is 9.69. The zero-order valence-corrected chi connectivity index (χ0v) is 28.5. The molecule has 1 N–H and O–H groups in total. The standard InChI is InChI=1S/C37H46ClN3O4S/c1-5-19-39(24-27-16-10-9-11-17-27)34(43)30-29-23-26(4)37(46-29)31(30)35(44)41(21-12-7-8-13-22-42)33(37)36(45)40(20-6-2)32-25(3)15-14-18-28(32)38/h5-6,9-11,14-18,26,29-31,33,42H,1-2,7-8,12-13,19-24H2,3-4H3/t26?,29-,30+,31+,33?,37?/m1/s1. The smallest absolute Gasteiger partial charge is 0.251 e. The Morgan fingerprint density at radius 2 is 1.76 bits per heavy atom. The monoisotopic (exact) mass is 663 g/mol. The Labute approximate surface area is 282 Å². The van der Waals surface area contributed by atoms with E-state index in [9.17, 15) is 14.7 Å². The SMILES string of the molecule is C=CCN(Cc1ccccc1)C(=O)[C@@H]1[C@H]2C(=O)N(CCCCCCO)C(C(=O)N(CC=C)c3c(C)cccc3Cl)C23S[C@@H]1CC3C. The second-order valence-corrected chi connectivity index (χ2v) is 14.8. The third kappa shape index (κ3) is 6.16. The maximum absolute atomic E-state index is 15.0. The van der Waals surface area contributed by atoms with Crippen LogP contribution in [0.3, 0.4) is 0 Å². The first kappa shape index (κ1) is 34.3. The van der Waals surface area contributed by atoms with Crippen LogP contribution in [-0.4, -0.2) is 74.9 Å². The summed E-state index contributed by atoms with van der Waals surface area (Å²) in [6, 6.07) is 14.7. The van der Waals surface area contributed by atoms with Crippen LogP contribution in [0.1, 0.15) is 50.2 Å². The molecule has 7 nitrogen and oxygen atoms in total. The van der Waals surface area contributed by atoms with Gasteiger partial charge in [0.05, 0.1) is 27.3 Å². The minimum absolute atomic E-state index is 0.0470. The van der Waals surface area contributed by atoms with E-state index >= 15 is 4.79 Å². The molecular weight excluding hydrogens is 618 g/mol. The molecule has 1 spiro atoms. The van der Waals surface area contributed by atoms with Gasteiger partial charge in [-0.3, -0.25) is 14.4 Å². The predicted octanol–water partition coefficient (Wildman–Crippen LogP) is 6.27. The Morgan fingerprint density at radius 1 is 1.04 bits per heavy atom. The van der Waals surface area contributed by atoms with Crippen molar-refractivity contribution >= 4 is 46.8 Å². The quantitative estimate of drug-likeness (QED) is 0.179. The fourth-order valence-electron chi connectivity index (χ4n) is 8.00. The summed E-state index contributed by atoms with van der Waals surface area (Å²) in [6.07, 6.45) is 7.28. The van der Waals surface area contributed by atoms with Crippen molar-refractivity contribution in [3.63, 3.8) is 0 Å². The summed E-state index contributed by atoms with van der Waals surface area (Å²) >= 11 is 8.42. The van der Waals surface area contributed by atoms with Crippen molar-refractivity contribution in [1.82, 2.24) is 9.80 Å². The van der Waals surface area contributed by atoms with E-state index in [2.05, 4.69) is 20.1 Å². The Morgan fingerprint density at radius 3 is 2.43 bits per heavy atom. The zero-order valence-electron chi connectivity index (χ0n) is 26.9. The number of carbonyl (C=O) groups excluding carboxylic acids is 3. The molecule has 246 valence electrons. The first-order chi connectivity index (χ1) is 22.2. The number of fused-ring (bicyclic) bond motifs is 1. The number of likely N-dealkylation sites (tertiary alicyclic amines) is 1. The molecule has 6 atom stereocenters. The molecule has 5 rings (SSSR count). The lowest BCUT2D eigenvalue weighted by atomic mass is 9.65. The fourth-order valence-corrected chi connectivity index (χ4v) is 10.7. The number of unbranched alkanes of at least 4 members (excludes halogenated alkanes) is 3. The van der Waals surface area contributed by atoms with Crippen LogP contribution >= 0.6 is 23.4 Å². The van der Waals surface area contributed by atoms with Gasteiger partial charge in [0.2, 0.25) is 11.8 Å². The number of halogens is 1. The minimum atomic E-state index is -0.747. The Hall–Kier alpha value is -3.07. The van der Waals surface area contributed by atoms with E-state index in [-0.39, 0.29) is 42.0 Å². The molecule has 0 saturated carbocycles. The molecule has 2 bridgehead atoms. The molecule has 3 unspecified atom stereocenters. The average Bonchev–Trinajstić information content (AvgIpc) is 3.63. The highest BCUT2D eigenvalue weighted by molar-refractivity contribution is 8.02. The number of aliphatic hydroxyl groups is 1. The van der Waals surface area contributed by atoms with E-state index in [1.807, 2.05) is 54.3 Å². The molecule has 0 radical (unpaired) electrons. The molecule has 3 aliphatic heterocycles. The number of carbonyl (C=O) groups is 3. The first-order valence-corrected chi connectivity index (χ1v) is 17.7. The molecule has 0 aromatic heterocycles. The van der Waals surface area contributed by atoms with Crippen LogP contribution in [0.2, 0.25) is 5.02 Å². The summed E-state index contributed by atoms with van der Waals surface area (Å²) < 4.78 is -0.745. The molecule has 3 aliphatic rings. The Balaban J connectivity index is 1.55. The number of hydrogen-bond donors (Lipinski definition) is 1. The van der Waals surface area contributed by atoms with Gasteiger partial charge in [-0.15, -0.1) is 24.9 Å². The summed E-state index contributed by atoms with van der Waals surface area (Å²) in [6.45, 7) is 13.5. The zero-order chi connectivity index (χ0) is 33.0. The van der Waals surface area contributed by atoms with Crippen molar-refractivity contribution in [2.24, 2.45) is 17.8 Å². The van der Waals surface area contributed by atoms with Crippen LogP contribution in [0.25, 0.3) is 0 Å². The number of rotatable bonds is 15. The van der Waals surface area contributed by atoms with Crippen LogP contribution in [0.15, 0.2) is 73.8 Å². The van der Waals surface area contributed by atoms with Gasteiger partial charge in [0.1, 0.15) is 6.04 Å². The van der Waals surface area contributed by atoms with Gasteiger partial charge < -0.3 is 19.8 Å². The molecule has 9 heteroatoms. The van der Waals surface area contributed by atoms with Crippen molar-refractivity contribution in [2.45, 2.75) is 68.5 Å². The fraction of sp³-hybridized carbons (Fsp3) is 0.486. The molecule has 3 saturated heterocycles. The number of anilines is 1. The normalized spacial score (nSPS) is 26.2. The van der Waals surface area contributed by atoms with E-state index < -0.39 is 22.6 Å². The predicted molar refractivity (Wildman–Crippen MR) is 187 cm³/mol. The lowest BCUT2D eigenvalue weighted by molar-refractivity contribution is -0.144. The number of nitrogens with zero attached hydrogens (tertiary/aromatic N) is 3.